The molecule has 1 saturated carbocycles. The molecule has 2 unspecified atom stereocenters. The fourth-order valence-corrected chi connectivity index (χ4v) is 2.84. The third-order valence-electron chi connectivity index (χ3n) is 4.19. The summed E-state index contributed by atoms with van der Waals surface area (Å²) in [6.07, 6.45) is 3.98. The quantitative estimate of drug-likeness (QED) is 0.873. The maximum absolute atomic E-state index is 12.3. The Kier molecular flexibility index (Phi) is 3.94. The molecule has 2 rings (SSSR count). The lowest BCUT2D eigenvalue weighted by Crippen LogP contribution is -2.52. The van der Waals surface area contributed by atoms with Gasteiger partial charge in [-0.2, -0.15) is 0 Å². The van der Waals surface area contributed by atoms with Gasteiger partial charge in [-0.15, -0.1) is 0 Å². The molecule has 0 bridgehead atoms. The van der Waals surface area contributed by atoms with Crippen LogP contribution in [-0.4, -0.2) is 16.6 Å². The smallest absolute Gasteiger partial charge is 0.225 e. The number of carbonyl (C=O) groups is 1. The molecule has 1 amide bonds. The van der Waals surface area contributed by atoms with Gasteiger partial charge in [0.1, 0.15) is 5.76 Å². The normalized spacial score (nSPS) is 27.3. The summed E-state index contributed by atoms with van der Waals surface area (Å²) in [7, 11) is 0. The Morgan fingerprint density at radius 3 is 2.84 bits per heavy atom. The Morgan fingerprint density at radius 2 is 2.26 bits per heavy atom. The van der Waals surface area contributed by atoms with Gasteiger partial charge >= 0.3 is 0 Å². The molecule has 106 valence electrons. The van der Waals surface area contributed by atoms with Crippen LogP contribution in [0.3, 0.4) is 0 Å². The number of nitrogens with one attached hydrogen (secondary N) is 1. The number of amides is 1. The Balaban J connectivity index is 1.98. The molecular formula is C14H23N3O2. The van der Waals surface area contributed by atoms with Crippen molar-refractivity contribution in [3.8, 4) is 0 Å². The first-order chi connectivity index (χ1) is 8.92. The Hall–Kier alpha value is -1.36. The van der Waals surface area contributed by atoms with E-state index in [1.807, 2.05) is 20.8 Å². The summed E-state index contributed by atoms with van der Waals surface area (Å²) in [4.78, 5) is 12.3. The van der Waals surface area contributed by atoms with Crippen LogP contribution in [0.25, 0.3) is 0 Å². The highest BCUT2D eigenvalue weighted by Crippen LogP contribution is 2.31. The van der Waals surface area contributed by atoms with Crippen LogP contribution in [-0.2, 0) is 11.3 Å². The van der Waals surface area contributed by atoms with Gasteiger partial charge in [0.2, 0.25) is 5.91 Å². The maximum Gasteiger partial charge on any atom is 0.225 e. The molecule has 1 fully saturated rings. The predicted octanol–water partition coefficient (Wildman–Crippen LogP) is 1.82. The first-order valence-corrected chi connectivity index (χ1v) is 6.90. The van der Waals surface area contributed by atoms with E-state index in [9.17, 15) is 4.79 Å². The highest BCUT2D eigenvalue weighted by atomic mass is 16.5. The Morgan fingerprint density at radius 1 is 1.53 bits per heavy atom. The summed E-state index contributed by atoms with van der Waals surface area (Å²) in [5, 5.41) is 6.86. The Labute approximate surface area is 113 Å². The molecule has 1 aliphatic carbocycles. The topological polar surface area (TPSA) is 81.2 Å². The SMILES string of the molecule is Cc1noc(C)c1CNC(=O)C1CCCCC1(C)N. The van der Waals surface area contributed by atoms with Crippen molar-refractivity contribution in [2.24, 2.45) is 11.7 Å². The van der Waals surface area contributed by atoms with Crippen molar-refractivity contribution >= 4 is 5.91 Å². The van der Waals surface area contributed by atoms with E-state index >= 15 is 0 Å². The highest BCUT2D eigenvalue weighted by molar-refractivity contribution is 5.80. The molecular weight excluding hydrogens is 242 g/mol. The van der Waals surface area contributed by atoms with Crippen molar-refractivity contribution in [1.82, 2.24) is 10.5 Å². The summed E-state index contributed by atoms with van der Waals surface area (Å²) in [6, 6.07) is 0. The molecule has 0 radical (unpaired) electrons. The lowest BCUT2D eigenvalue weighted by atomic mass is 9.74. The van der Waals surface area contributed by atoms with Gasteiger partial charge in [-0.1, -0.05) is 18.0 Å². The number of carbonyl (C=O) groups excluding carboxylic acids is 1. The van der Waals surface area contributed by atoms with Gasteiger partial charge in [0.25, 0.3) is 0 Å². The summed E-state index contributed by atoms with van der Waals surface area (Å²) in [5.74, 6) is 0.711. The summed E-state index contributed by atoms with van der Waals surface area (Å²) in [5.41, 5.74) is 7.64. The van der Waals surface area contributed by atoms with E-state index in [0.29, 0.717) is 6.54 Å². The molecule has 0 spiro atoms. The standard InChI is InChI=1S/C14H23N3O2/c1-9-11(10(2)19-17-9)8-16-13(18)12-6-4-5-7-14(12,3)15/h12H,4-8,15H2,1-3H3,(H,16,18). The summed E-state index contributed by atoms with van der Waals surface area (Å²) in [6.45, 7) is 6.18. The van der Waals surface area contributed by atoms with Crippen molar-refractivity contribution in [2.75, 3.05) is 0 Å². The lowest BCUT2D eigenvalue weighted by molar-refractivity contribution is -0.128. The maximum atomic E-state index is 12.3. The zero-order chi connectivity index (χ0) is 14.0. The van der Waals surface area contributed by atoms with E-state index in [4.69, 9.17) is 10.3 Å². The molecule has 0 saturated heterocycles. The average Bonchev–Trinajstić information content (AvgIpc) is 2.66. The lowest BCUT2D eigenvalue weighted by Gasteiger charge is -2.37. The molecule has 1 aromatic heterocycles. The van der Waals surface area contributed by atoms with Crippen LogP contribution in [0.4, 0.5) is 0 Å². The van der Waals surface area contributed by atoms with E-state index in [1.54, 1.807) is 0 Å². The van der Waals surface area contributed by atoms with Gasteiger partial charge in [0, 0.05) is 17.6 Å². The van der Waals surface area contributed by atoms with Crippen LogP contribution in [0.1, 0.15) is 49.6 Å². The van der Waals surface area contributed by atoms with E-state index < -0.39 is 0 Å². The largest absolute Gasteiger partial charge is 0.361 e. The number of nitrogens with two attached hydrogens (primary N) is 1. The molecule has 5 heteroatoms. The molecule has 1 heterocycles. The fraction of sp³-hybridized carbons (Fsp3) is 0.714. The van der Waals surface area contributed by atoms with Crippen molar-refractivity contribution < 1.29 is 9.32 Å². The van der Waals surface area contributed by atoms with Gasteiger partial charge in [-0.3, -0.25) is 4.79 Å². The average molecular weight is 265 g/mol. The molecule has 19 heavy (non-hydrogen) atoms. The molecule has 1 aromatic rings. The van der Waals surface area contributed by atoms with E-state index in [-0.39, 0.29) is 17.4 Å². The van der Waals surface area contributed by atoms with Crippen molar-refractivity contribution in [3.63, 3.8) is 0 Å². The third-order valence-corrected chi connectivity index (χ3v) is 4.19. The molecule has 0 aliphatic heterocycles. The first kappa shape index (κ1) is 14.1. The van der Waals surface area contributed by atoms with Crippen molar-refractivity contribution in [3.05, 3.63) is 17.0 Å². The second-order valence-corrected chi connectivity index (χ2v) is 5.82. The van der Waals surface area contributed by atoms with Gasteiger partial charge in [-0.25, -0.2) is 0 Å². The van der Waals surface area contributed by atoms with E-state index in [2.05, 4.69) is 10.5 Å². The molecule has 2 atom stereocenters. The van der Waals surface area contributed by atoms with Gasteiger partial charge in [-0.05, 0) is 33.6 Å². The minimum absolute atomic E-state index is 0.0460. The van der Waals surface area contributed by atoms with Gasteiger partial charge in [0.15, 0.2) is 0 Å². The number of rotatable bonds is 3. The minimum Gasteiger partial charge on any atom is -0.361 e. The van der Waals surface area contributed by atoms with Crippen molar-refractivity contribution in [1.29, 1.82) is 0 Å². The zero-order valence-electron chi connectivity index (χ0n) is 12.0. The molecule has 3 N–H and O–H groups in total. The summed E-state index contributed by atoms with van der Waals surface area (Å²) < 4.78 is 5.09. The first-order valence-electron chi connectivity index (χ1n) is 6.90. The second kappa shape index (κ2) is 5.33. The minimum atomic E-state index is -0.388. The number of aromatic nitrogens is 1. The number of hydrogen-bond donors (Lipinski definition) is 2. The zero-order valence-corrected chi connectivity index (χ0v) is 12.0. The fourth-order valence-electron chi connectivity index (χ4n) is 2.84. The summed E-state index contributed by atoms with van der Waals surface area (Å²) >= 11 is 0. The number of aryl methyl sites for hydroxylation is 2. The Bertz CT molecular complexity index is 446. The van der Waals surface area contributed by atoms with E-state index in [1.165, 1.54) is 0 Å². The monoisotopic (exact) mass is 265 g/mol. The van der Waals surface area contributed by atoms with Crippen LogP contribution in [0.15, 0.2) is 4.52 Å². The van der Waals surface area contributed by atoms with Gasteiger partial charge in [0.05, 0.1) is 11.6 Å². The second-order valence-electron chi connectivity index (χ2n) is 5.82. The third kappa shape index (κ3) is 2.97. The van der Waals surface area contributed by atoms with E-state index in [0.717, 1.165) is 42.7 Å². The molecule has 1 aliphatic rings. The van der Waals surface area contributed by atoms with Crippen LogP contribution in [0.2, 0.25) is 0 Å². The van der Waals surface area contributed by atoms with Crippen molar-refractivity contribution in [2.45, 2.75) is 58.5 Å². The van der Waals surface area contributed by atoms with Gasteiger partial charge < -0.3 is 15.6 Å². The molecule has 5 nitrogen and oxygen atoms in total. The highest BCUT2D eigenvalue weighted by Gasteiger charge is 2.37. The predicted molar refractivity (Wildman–Crippen MR) is 72.4 cm³/mol. The number of nitrogens with zero attached hydrogens (tertiary/aromatic N) is 1. The van der Waals surface area contributed by atoms with Crippen LogP contribution in [0, 0.1) is 19.8 Å². The van der Waals surface area contributed by atoms with Crippen LogP contribution < -0.4 is 11.1 Å². The van der Waals surface area contributed by atoms with Crippen LogP contribution in [0.5, 0.6) is 0 Å². The molecule has 0 aromatic carbocycles. The van der Waals surface area contributed by atoms with Crippen LogP contribution >= 0.6 is 0 Å². The number of hydrogen-bond acceptors (Lipinski definition) is 4.